The number of aromatic nitrogens is 4. The number of likely N-dealkylation sites (tertiary alicyclic amines) is 1. The molecule has 1 aliphatic rings. The summed E-state index contributed by atoms with van der Waals surface area (Å²) in [5, 5.41) is 8.55. The van der Waals surface area contributed by atoms with Crippen molar-refractivity contribution in [1.29, 1.82) is 0 Å². The number of hydrogen-bond acceptors (Lipinski definition) is 6. The Morgan fingerprint density at radius 2 is 2.06 bits per heavy atom. The van der Waals surface area contributed by atoms with Gasteiger partial charge >= 0.3 is 6.03 Å². The zero-order valence-corrected chi connectivity index (χ0v) is 21.9. The number of nitrogens with one attached hydrogen (secondary N) is 1. The highest BCUT2D eigenvalue weighted by Crippen LogP contribution is 2.37. The van der Waals surface area contributed by atoms with Gasteiger partial charge in [-0.1, -0.05) is 18.2 Å². The molecule has 3 N–H and O–H groups in total. The average Bonchev–Trinajstić information content (AvgIpc) is 3.34. The minimum Gasteiger partial charge on any atom is -0.383 e. The van der Waals surface area contributed by atoms with Crippen molar-refractivity contribution in [2.75, 3.05) is 38.6 Å². The molecule has 2 amide bonds. The van der Waals surface area contributed by atoms with Gasteiger partial charge in [0.05, 0.1) is 21.9 Å². The highest BCUT2D eigenvalue weighted by atomic mass is 79.9. The Bertz CT molecular complexity index is 1380. The molecule has 1 saturated heterocycles. The van der Waals surface area contributed by atoms with Crippen molar-refractivity contribution in [3.8, 4) is 11.1 Å². The van der Waals surface area contributed by atoms with E-state index in [0.717, 1.165) is 51.5 Å². The number of nitrogens with two attached hydrogens (primary N) is 1. The van der Waals surface area contributed by atoms with Crippen molar-refractivity contribution < 1.29 is 9.53 Å². The van der Waals surface area contributed by atoms with Gasteiger partial charge in [0.1, 0.15) is 5.82 Å². The van der Waals surface area contributed by atoms with Gasteiger partial charge < -0.3 is 20.7 Å². The summed E-state index contributed by atoms with van der Waals surface area (Å²) in [4.78, 5) is 24.1. The predicted molar refractivity (Wildman–Crippen MR) is 144 cm³/mol. The van der Waals surface area contributed by atoms with Crippen molar-refractivity contribution in [2.45, 2.75) is 32.1 Å². The highest BCUT2D eigenvalue weighted by Gasteiger charge is 2.28. The lowest BCUT2D eigenvalue weighted by atomic mass is 9.93. The Balaban J connectivity index is 1.34. The summed E-state index contributed by atoms with van der Waals surface area (Å²) in [5.74, 6) is 0.704. The van der Waals surface area contributed by atoms with Crippen LogP contribution in [0.4, 0.5) is 10.6 Å². The zero-order chi connectivity index (χ0) is 25.1. The standard InChI is InChI=1S/C26H30BrN7O2/c1-2-36-13-5-10-29-26(35)33-11-8-17(9-12-33)23-22(27)24(28)34-25(32-23)20(16-31-34)19-14-18-6-3-4-7-21(18)30-15-19/h3-4,6-7,14-17H,2,5,8-13,28H2,1H3,(H,29,35). The Morgan fingerprint density at radius 1 is 1.25 bits per heavy atom. The highest BCUT2D eigenvalue weighted by molar-refractivity contribution is 9.10. The molecule has 9 nitrogen and oxygen atoms in total. The molecule has 1 aliphatic heterocycles. The molecule has 0 bridgehead atoms. The molecule has 0 saturated carbocycles. The Labute approximate surface area is 218 Å². The molecule has 5 rings (SSSR count). The number of carbonyl (C=O) groups is 1. The minimum absolute atomic E-state index is 0.0196. The van der Waals surface area contributed by atoms with Crippen LogP contribution >= 0.6 is 15.9 Å². The van der Waals surface area contributed by atoms with Crippen molar-refractivity contribution in [1.82, 2.24) is 29.8 Å². The fraction of sp³-hybridized carbons (Fsp3) is 0.385. The maximum Gasteiger partial charge on any atom is 0.317 e. The Morgan fingerprint density at radius 3 is 2.86 bits per heavy atom. The number of pyridine rings is 1. The number of nitrogens with zero attached hydrogens (tertiary/aromatic N) is 5. The van der Waals surface area contributed by atoms with Gasteiger partial charge in [0.25, 0.3) is 0 Å². The van der Waals surface area contributed by atoms with E-state index in [1.54, 1.807) is 10.7 Å². The van der Waals surface area contributed by atoms with Crippen LogP contribution in [0.1, 0.15) is 37.8 Å². The van der Waals surface area contributed by atoms with Crippen molar-refractivity contribution in [2.24, 2.45) is 0 Å². The molecule has 4 heterocycles. The van der Waals surface area contributed by atoms with Gasteiger partial charge in [-0.3, -0.25) is 4.98 Å². The van der Waals surface area contributed by atoms with E-state index < -0.39 is 0 Å². The van der Waals surface area contributed by atoms with Crippen LogP contribution in [0.25, 0.3) is 27.7 Å². The molecule has 0 aliphatic carbocycles. The second-order valence-electron chi connectivity index (χ2n) is 8.95. The van der Waals surface area contributed by atoms with Gasteiger partial charge in [0, 0.05) is 61.5 Å². The monoisotopic (exact) mass is 551 g/mol. The molecular weight excluding hydrogens is 522 g/mol. The first-order valence-electron chi connectivity index (χ1n) is 12.3. The first kappa shape index (κ1) is 24.5. The van der Waals surface area contributed by atoms with E-state index in [1.165, 1.54) is 0 Å². The Hall–Kier alpha value is -3.24. The van der Waals surface area contributed by atoms with Crippen molar-refractivity contribution >= 4 is 44.3 Å². The summed E-state index contributed by atoms with van der Waals surface area (Å²) in [6.07, 6.45) is 6.08. The molecule has 188 valence electrons. The largest absolute Gasteiger partial charge is 0.383 e. The average molecular weight is 552 g/mol. The molecule has 0 radical (unpaired) electrons. The number of rotatable bonds is 7. The third-order valence-corrected chi connectivity index (χ3v) is 7.48. The topological polar surface area (TPSA) is 111 Å². The van der Waals surface area contributed by atoms with E-state index in [0.29, 0.717) is 44.3 Å². The van der Waals surface area contributed by atoms with Crippen molar-refractivity contribution in [3.63, 3.8) is 0 Å². The molecule has 10 heteroatoms. The molecule has 0 spiro atoms. The number of benzene rings is 1. The first-order chi connectivity index (χ1) is 17.6. The van der Waals surface area contributed by atoms with E-state index in [2.05, 4.69) is 37.4 Å². The second kappa shape index (κ2) is 10.8. The lowest BCUT2D eigenvalue weighted by Crippen LogP contribution is -2.44. The van der Waals surface area contributed by atoms with Crippen LogP contribution in [0, 0.1) is 0 Å². The minimum atomic E-state index is -0.0196. The summed E-state index contributed by atoms with van der Waals surface area (Å²) in [5.41, 5.74) is 10.9. The predicted octanol–water partition coefficient (Wildman–Crippen LogP) is 4.60. The van der Waals surface area contributed by atoms with E-state index in [1.807, 2.05) is 42.3 Å². The number of fused-ring (bicyclic) bond motifs is 2. The van der Waals surface area contributed by atoms with Gasteiger partial charge in [-0.25, -0.2) is 9.78 Å². The molecule has 36 heavy (non-hydrogen) atoms. The summed E-state index contributed by atoms with van der Waals surface area (Å²) in [6, 6.07) is 10.1. The second-order valence-corrected chi connectivity index (χ2v) is 9.74. The maximum atomic E-state index is 12.5. The molecule has 0 unspecified atom stereocenters. The number of halogens is 1. The summed E-state index contributed by atoms with van der Waals surface area (Å²) in [7, 11) is 0. The Kier molecular flexibility index (Phi) is 7.33. The molecule has 3 aromatic heterocycles. The molecule has 4 aromatic rings. The van der Waals surface area contributed by atoms with Crippen LogP contribution in [-0.4, -0.2) is 63.4 Å². The first-order valence-corrected chi connectivity index (χ1v) is 13.1. The molecule has 1 fully saturated rings. The number of anilines is 1. The van der Waals surface area contributed by atoms with Gasteiger partial charge in [0.15, 0.2) is 5.65 Å². The SMILES string of the molecule is CCOCCCNC(=O)N1CCC(c2nc3c(-c4cnc5ccccc5c4)cnn3c(N)c2Br)CC1. The van der Waals surface area contributed by atoms with Gasteiger partial charge in [-0.2, -0.15) is 9.61 Å². The van der Waals surface area contributed by atoms with Crippen LogP contribution in [0.15, 0.2) is 47.2 Å². The van der Waals surface area contributed by atoms with Crippen LogP contribution in [0.2, 0.25) is 0 Å². The van der Waals surface area contributed by atoms with Gasteiger partial charge in [-0.05, 0) is 54.2 Å². The van der Waals surface area contributed by atoms with E-state index in [9.17, 15) is 4.79 Å². The van der Waals surface area contributed by atoms with Gasteiger partial charge in [0.2, 0.25) is 0 Å². The number of nitrogen functional groups attached to an aromatic ring is 1. The number of hydrogen-bond donors (Lipinski definition) is 2. The number of amides is 2. The molecule has 0 atom stereocenters. The maximum absolute atomic E-state index is 12.5. The fourth-order valence-electron chi connectivity index (χ4n) is 4.69. The molecule has 1 aromatic carbocycles. The number of carbonyl (C=O) groups excluding carboxylic acids is 1. The summed E-state index contributed by atoms with van der Waals surface area (Å²) >= 11 is 3.67. The van der Waals surface area contributed by atoms with Crippen LogP contribution in [0.3, 0.4) is 0 Å². The summed E-state index contributed by atoms with van der Waals surface area (Å²) in [6.45, 7) is 5.28. The molecular formula is C26H30BrN7O2. The lowest BCUT2D eigenvalue weighted by Gasteiger charge is -2.32. The smallest absolute Gasteiger partial charge is 0.317 e. The number of para-hydroxylation sites is 1. The van der Waals surface area contributed by atoms with Crippen LogP contribution in [0.5, 0.6) is 0 Å². The third-order valence-electron chi connectivity index (χ3n) is 6.66. The normalized spacial score (nSPS) is 14.6. The zero-order valence-electron chi connectivity index (χ0n) is 20.3. The van der Waals surface area contributed by atoms with Crippen LogP contribution < -0.4 is 11.1 Å². The quantitative estimate of drug-likeness (QED) is 0.324. The lowest BCUT2D eigenvalue weighted by molar-refractivity contribution is 0.143. The number of urea groups is 1. The third kappa shape index (κ3) is 4.87. The van der Waals surface area contributed by atoms with E-state index >= 15 is 0 Å². The van der Waals surface area contributed by atoms with E-state index in [4.69, 9.17) is 15.5 Å². The number of ether oxygens (including phenoxy) is 1. The number of piperidine rings is 1. The summed E-state index contributed by atoms with van der Waals surface area (Å²) < 4.78 is 7.76. The van der Waals surface area contributed by atoms with Gasteiger partial charge in [-0.15, -0.1) is 0 Å². The van der Waals surface area contributed by atoms with Crippen molar-refractivity contribution in [3.05, 3.63) is 52.9 Å². The van der Waals surface area contributed by atoms with E-state index in [-0.39, 0.29) is 11.9 Å². The fourth-order valence-corrected chi connectivity index (χ4v) is 5.27. The van der Waals surface area contributed by atoms with Crippen LogP contribution in [-0.2, 0) is 4.74 Å².